The number of rotatable bonds is 3. The van der Waals surface area contributed by atoms with E-state index in [9.17, 15) is 9.18 Å². The molecular weight excluding hydrogens is 391 g/mol. The molecule has 0 aliphatic heterocycles. The van der Waals surface area contributed by atoms with Gasteiger partial charge in [0.15, 0.2) is 0 Å². The average molecular weight is 402 g/mol. The fourth-order valence-electron chi connectivity index (χ4n) is 2.06. The Hall–Kier alpha value is -1.14. The fourth-order valence-corrected chi connectivity index (χ4v) is 2.83. The van der Waals surface area contributed by atoms with Gasteiger partial charge in [-0.25, -0.2) is 4.39 Å². The van der Waals surface area contributed by atoms with Crippen LogP contribution < -0.4 is 5.32 Å². The molecule has 1 aliphatic carbocycles. The summed E-state index contributed by atoms with van der Waals surface area (Å²) in [5, 5.41) is 2.61. The summed E-state index contributed by atoms with van der Waals surface area (Å²) in [4.78, 5) is 12.3. The van der Waals surface area contributed by atoms with Gasteiger partial charge in [0.2, 0.25) is 0 Å². The van der Waals surface area contributed by atoms with Gasteiger partial charge in [0.1, 0.15) is 11.5 Å². The largest absolute Gasteiger partial charge is 0.339 e. The van der Waals surface area contributed by atoms with Crippen LogP contribution in [0.25, 0.3) is 0 Å². The second-order valence-corrected chi connectivity index (χ2v) is 6.59. The molecule has 1 aliphatic rings. The molecule has 1 aromatic carbocycles. The smallest absolute Gasteiger partial charge is 0.272 e. The highest BCUT2D eigenvalue weighted by molar-refractivity contribution is 9.10. The van der Waals surface area contributed by atoms with E-state index in [1.165, 1.54) is 12.1 Å². The molecule has 1 aromatic heterocycles. The van der Waals surface area contributed by atoms with E-state index in [0.717, 1.165) is 17.3 Å². The third-order valence-electron chi connectivity index (χ3n) is 3.17. The Kier molecular flexibility index (Phi) is 3.69. The van der Waals surface area contributed by atoms with E-state index in [4.69, 9.17) is 0 Å². The highest BCUT2D eigenvalue weighted by atomic mass is 79.9. The van der Waals surface area contributed by atoms with Gasteiger partial charge in [-0.3, -0.25) is 4.79 Å². The normalized spacial score (nSPS) is 14.3. The van der Waals surface area contributed by atoms with Crippen molar-refractivity contribution in [3.63, 3.8) is 0 Å². The van der Waals surface area contributed by atoms with Gasteiger partial charge >= 0.3 is 0 Å². The van der Waals surface area contributed by atoms with Crippen LogP contribution in [0.15, 0.2) is 39.4 Å². The van der Waals surface area contributed by atoms with Gasteiger partial charge in [-0.2, -0.15) is 0 Å². The molecule has 0 spiro atoms. The van der Waals surface area contributed by atoms with Gasteiger partial charge in [-0.15, -0.1) is 0 Å². The molecule has 0 unspecified atom stereocenters. The zero-order chi connectivity index (χ0) is 14.3. The first kappa shape index (κ1) is 13.8. The number of nitrogens with one attached hydrogen (secondary N) is 1. The standard InChI is InChI=1S/C14H11Br2FN2O/c15-8-1-4-12(11(17)5-8)18-14(20)13-6-9(16)7-19(13)10-2-3-10/h1,4-7,10H,2-3H2,(H,18,20). The van der Waals surface area contributed by atoms with Gasteiger partial charge in [-0.05, 0) is 53.0 Å². The van der Waals surface area contributed by atoms with Crippen molar-refractivity contribution in [2.24, 2.45) is 0 Å². The second kappa shape index (κ2) is 5.33. The molecule has 0 radical (unpaired) electrons. The summed E-state index contributed by atoms with van der Waals surface area (Å²) in [6.45, 7) is 0. The van der Waals surface area contributed by atoms with Crippen molar-refractivity contribution in [2.45, 2.75) is 18.9 Å². The molecule has 1 saturated carbocycles. The molecular formula is C14H11Br2FN2O. The van der Waals surface area contributed by atoms with Crippen molar-refractivity contribution in [3.05, 3.63) is 50.9 Å². The molecule has 3 nitrogen and oxygen atoms in total. The topological polar surface area (TPSA) is 34.0 Å². The summed E-state index contributed by atoms with van der Waals surface area (Å²) < 4.78 is 17.2. The fraction of sp³-hybridized carbons (Fsp3) is 0.214. The van der Waals surface area contributed by atoms with Crippen molar-refractivity contribution in [3.8, 4) is 0 Å². The molecule has 1 fully saturated rings. The van der Waals surface area contributed by atoms with E-state index in [1.54, 1.807) is 12.1 Å². The summed E-state index contributed by atoms with van der Waals surface area (Å²) in [6.07, 6.45) is 4.05. The molecule has 1 heterocycles. The van der Waals surface area contributed by atoms with Gasteiger partial charge < -0.3 is 9.88 Å². The summed E-state index contributed by atoms with van der Waals surface area (Å²) in [5.74, 6) is -0.764. The number of anilines is 1. The Morgan fingerprint density at radius 3 is 2.65 bits per heavy atom. The minimum absolute atomic E-state index is 0.179. The van der Waals surface area contributed by atoms with E-state index < -0.39 is 5.82 Å². The van der Waals surface area contributed by atoms with Gasteiger partial charge in [0.25, 0.3) is 5.91 Å². The van der Waals surface area contributed by atoms with E-state index in [2.05, 4.69) is 37.2 Å². The van der Waals surface area contributed by atoms with Crippen LogP contribution in [0.5, 0.6) is 0 Å². The third-order valence-corrected chi connectivity index (χ3v) is 4.09. The lowest BCUT2D eigenvalue weighted by Gasteiger charge is -2.09. The van der Waals surface area contributed by atoms with Crippen LogP contribution in [0.1, 0.15) is 29.4 Å². The summed E-state index contributed by atoms with van der Waals surface area (Å²) in [6, 6.07) is 6.69. The highest BCUT2D eigenvalue weighted by Crippen LogP contribution is 2.37. The van der Waals surface area contributed by atoms with Crippen molar-refractivity contribution in [1.82, 2.24) is 4.57 Å². The van der Waals surface area contributed by atoms with E-state index in [1.807, 2.05) is 10.8 Å². The maximum absolute atomic E-state index is 13.7. The summed E-state index contributed by atoms with van der Waals surface area (Å²) in [7, 11) is 0. The average Bonchev–Trinajstić information content (AvgIpc) is 3.16. The third kappa shape index (κ3) is 2.81. The Morgan fingerprint density at radius 1 is 1.25 bits per heavy atom. The van der Waals surface area contributed by atoms with Crippen molar-refractivity contribution < 1.29 is 9.18 Å². The predicted octanol–water partition coefficient (Wildman–Crippen LogP) is 4.74. The molecule has 6 heteroatoms. The number of aromatic nitrogens is 1. The van der Waals surface area contributed by atoms with Crippen LogP contribution in [0.3, 0.4) is 0 Å². The van der Waals surface area contributed by atoms with Crippen LogP contribution in [0, 0.1) is 5.82 Å². The second-order valence-electron chi connectivity index (χ2n) is 4.76. The number of hydrogen-bond acceptors (Lipinski definition) is 1. The monoisotopic (exact) mass is 400 g/mol. The molecule has 3 rings (SSSR count). The van der Waals surface area contributed by atoms with Crippen molar-refractivity contribution >= 4 is 43.5 Å². The Bertz CT molecular complexity index is 680. The van der Waals surface area contributed by atoms with Gasteiger partial charge in [0, 0.05) is 21.2 Å². The minimum atomic E-state index is -0.462. The van der Waals surface area contributed by atoms with Crippen LogP contribution in [0.2, 0.25) is 0 Å². The van der Waals surface area contributed by atoms with Crippen LogP contribution >= 0.6 is 31.9 Å². The number of benzene rings is 1. The Balaban J connectivity index is 1.86. The van der Waals surface area contributed by atoms with Crippen LogP contribution in [0.4, 0.5) is 10.1 Å². The lowest BCUT2D eigenvalue weighted by molar-refractivity contribution is 0.101. The Labute approximate surface area is 132 Å². The first-order valence-electron chi connectivity index (χ1n) is 6.18. The number of nitrogens with zero attached hydrogens (tertiary/aromatic N) is 1. The SMILES string of the molecule is O=C(Nc1ccc(Br)cc1F)c1cc(Br)cn1C1CC1. The lowest BCUT2D eigenvalue weighted by Crippen LogP contribution is -2.17. The first-order valence-corrected chi connectivity index (χ1v) is 7.77. The van der Waals surface area contributed by atoms with E-state index in [0.29, 0.717) is 16.2 Å². The molecule has 1 N–H and O–H groups in total. The lowest BCUT2D eigenvalue weighted by atomic mass is 10.3. The van der Waals surface area contributed by atoms with E-state index in [-0.39, 0.29) is 11.6 Å². The Morgan fingerprint density at radius 2 is 2.00 bits per heavy atom. The number of amides is 1. The summed E-state index contributed by atoms with van der Waals surface area (Å²) >= 11 is 6.56. The maximum atomic E-state index is 13.7. The number of halogens is 3. The van der Waals surface area contributed by atoms with E-state index >= 15 is 0 Å². The summed E-state index contributed by atoms with van der Waals surface area (Å²) in [5.41, 5.74) is 0.722. The molecule has 104 valence electrons. The van der Waals surface area contributed by atoms with Gasteiger partial charge in [0.05, 0.1) is 5.69 Å². The molecule has 0 bridgehead atoms. The van der Waals surface area contributed by atoms with Crippen molar-refractivity contribution in [1.29, 1.82) is 0 Å². The zero-order valence-electron chi connectivity index (χ0n) is 10.4. The zero-order valence-corrected chi connectivity index (χ0v) is 13.5. The van der Waals surface area contributed by atoms with Gasteiger partial charge in [-0.1, -0.05) is 15.9 Å². The maximum Gasteiger partial charge on any atom is 0.272 e. The molecule has 1 amide bonds. The molecule has 0 saturated heterocycles. The molecule has 2 aromatic rings. The quantitative estimate of drug-likeness (QED) is 0.791. The number of carbonyl (C=O) groups is 1. The first-order chi connectivity index (χ1) is 9.54. The van der Waals surface area contributed by atoms with Crippen LogP contribution in [-0.4, -0.2) is 10.5 Å². The predicted molar refractivity (Wildman–Crippen MR) is 82.5 cm³/mol. The minimum Gasteiger partial charge on any atom is -0.339 e. The highest BCUT2D eigenvalue weighted by Gasteiger charge is 2.28. The number of carbonyl (C=O) groups excluding carboxylic acids is 1. The molecule has 0 atom stereocenters. The van der Waals surface area contributed by atoms with Crippen molar-refractivity contribution in [2.75, 3.05) is 5.32 Å². The molecule has 20 heavy (non-hydrogen) atoms. The van der Waals surface area contributed by atoms with Crippen LogP contribution in [-0.2, 0) is 0 Å². The number of hydrogen-bond donors (Lipinski definition) is 1.